The topological polar surface area (TPSA) is 63.7 Å². The molecular weight excluding hydrogens is 354 g/mol. The molecule has 4 rings (SSSR count). The predicted molar refractivity (Wildman–Crippen MR) is 104 cm³/mol. The van der Waals surface area contributed by atoms with Crippen molar-refractivity contribution >= 4 is 17.8 Å². The summed E-state index contributed by atoms with van der Waals surface area (Å²) in [6.07, 6.45) is 4.68. The van der Waals surface area contributed by atoms with Crippen LogP contribution in [0.15, 0.2) is 36.4 Å². The maximum Gasteiger partial charge on any atom is 0.339 e. The number of amides is 2. The smallest absolute Gasteiger partial charge is 0.329 e. The number of nitrogens with zero attached hydrogens (tertiary/aromatic N) is 1. The Morgan fingerprint density at radius 1 is 1.11 bits per heavy atom. The molecule has 5 heteroatoms. The third kappa shape index (κ3) is 2.63. The molecule has 2 amide bonds. The highest BCUT2D eigenvalue weighted by atomic mass is 16.7. The van der Waals surface area contributed by atoms with Crippen molar-refractivity contribution in [3.05, 3.63) is 47.5 Å². The Morgan fingerprint density at radius 2 is 1.71 bits per heavy atom. The number of rotatable bonds is 2. The van der Waals surface area contributed by atoms with Crippen molar-refractivity contribution in [2.75, 3.05) is 0 Å². The van der Waals surface area contributed by atoms with E-state index in [2.05, 4.69) is 20.4 Å². The van der Waals surface area contributed by atoms with Gasteiger partial charge in [0.1, 0.15) is 0 Å². The molecule has 0 radical (unpaired) electrons. The zero-order valence-electron chi connectivity index (χ0n) is 16.8. The van der Waals surface area contributed by atoms with Crippen molar-refractivity contribution in [3.63, 3.8) is 0 Å². The van der Waals surface area contributed by atoms with E-state index in [-0.39, 0.29) is 22.5 Å². The summed E-state index contributed by atoms with van der Waals surface area (Å²) in [6.45, 7) is 10.7. The first-order chi connectivity index (χ1) is 13.2. The zero-order chi connectivity index (χ0) is 20.3. The van der Waals surface area contributed by atoms with Crippen molar-refractivity contribution in [2.45, 2.75) is 52.9 Å². The molecule has 2 saturated carbocycles. The van der Waals surface area contributed by atoms with Crippen molar-refractivity contribution in [3.8, 4) is 0 Å². The van der Waals surface area contributed by atoms with Crippen molar-refractivity contribution in [1.82, 2.24) is 5.06 Å². The third-order valence-electron chi connectivity index (χ3n) is 7.22. The molecule has 1 aliphatic heterocycles. The van der Waals surface area contributed by atoms with Crippen LogP contribution < -0.4 is 0 Å². The standard InChI is InChI=1S/C23H27NO4/c1-14-8-7-12-22(2,3)17-11-13-23(4,18(14)17)21(27)28-24-19(25)15-9-5-6-10-16(15)20(24)26/h5-6,9-10,17-18H,1,7-8,11-13H2,2-4H3/t17-,18-,23-/m1/s1. The number of allylic oxidation sites excluding steroid dienone is 1. The summed E-state index contributed by atoms with van der Waals surface area (Å²) in [4.78, 5) is 43.9. The first-order valence-corrected chi connectivity index (χ1v) is 10.0. The first kappa shape index (κ1) is 18.9. The van der Waals surface area contributed by atoms with Gasteiger partial charge >= 0.3 is 5.97 Å². The molecule has 1 aromatic rings. The van der Waals surface area contributed by atoms with Crippen LogP contribution in [-0.4, -0.2) is 22.8 Å². The summed E-state index contributed by atoms with van der Waals surface area (Å²) in [5.74, 6) is -1.30. The molecule has 0 bridgehead atoms. The maximum atomic E-state index is 13.3. The minimum atomic E-state index is -0.779. The fourth-order valence-electron chi connectivity index (χ4n) is 5.58. The lowest BCUT2D eigenvalue weighted by atomic mass is 9.66. The number of hydrogen-bond donors (Lipinski definition) is 0. The Hall–Kier alpha value is -2.43. The van der Waals surface area contributed by atoms with E-state index in [1.165, 1.54) is 0 Å². The monoisotopic (exact) mass is 381 g/mol. The fourth-order valence-corrected chi connectivity index (χ4v) is 5.58. The normalized spacial score (nSPS) is 31.4. The highest BCUT2D eigenvalue weighted by molar-refractivity contribution is 6.20. The molecule has 0 N–H and O–H groups in total. The van der Waals surface area contributed by atoms with Gasteiger partial charge in [0.15, 0.2) is 0 Å². The summed E-state index contributed by atoms with van der Waals surface area (Å²) in [5, 5.41) is 0.635. The second-order valence-electron chi connectivity index (χ2n) is 9.37. The van der Waals surface area contributed by atoms with Crippen molar-refractivity contribution in [2.24, 2.45) is 22.7 Å². The highest BCUT2D eigenvalue weighted by Gasteiger charge is 2.57. The van der Waals surface area contributed by atoms with E-state index in [4.69, 9.17) is 4.84 Å². The number of hydrogen-bond acceptors (Lipinski definition) is 4. The third-order valence-corrected chi connectivity index (χ3v) is 7.22. The molecule has 1 heterocycles. The van der Waals surface area contributed by atoms with Crippen LogP contribution in [0, 0.1) is 22.7 Å². The van der Waals surface area contributed by atoms with E-state index in [1.54, 1.807) is 24.3 Å². The highest BCUT2D eigenvalue weighted by Crippen LogP contribution is 2.59. The van der Waals surface area contributed by atoms with Gasteiger partial charge in [0, 0.05) is 0 Å². The Kier molecular flexibility index (Phi) is 4.25. The van der Waals surface area contributed by atoms with Crippen LogP contribution in [0.25, 0.3) is 0 Å². The zero-order valence-corrected chi connectivity index (χ0v) is 16.8. The summed E-state index contributed by atoms with van der Waals surface area (Å²) >= 11 is 0. The van der Waals surface area contributed by atoms with E-state index in [0.29, 0.717) is 17.4 Å². The van der Waals surface area contributed by atoms with Gasteiger partial charge in [0.05, 0.1) is 16.5 Å². The molecule has 2 fully saturated rings. The average molecular weight is 381 g/mol. The molecule has 1 aromatic carbocycles. The number of carbonyl (C=O) groups excluding carboxylic acids is 3. The Labute approximate surface area is 165 Å². The molecule has 0 saturated heterocycles. The molecule has 2 aliphatic carbocycles. The minimum Gasteiger partial charge on any atom is -0.329 e. The van der Waals surface area contributed by atoms with Gasteiger partial charge in [0.25, 0.3) is 11.8 Å². The summed E-state index contributed by atoms with van der Waals surface area (Å²) < 4.78 is 0. The molecule has 0 unspecified atom stereocenters. The van der Waals surface area contributed by atoms with Crippen LogP contribution in [0.1, 0.15) is 73.6 Å². The molecule has 3 aliphatic rings. The summed E-state index contributed by atoms with van der Waals surface area (Å²) in [7, 11) is 0. The van der Waals surface area contributed by atoms with Crippen LogP contribution in [0.2, 0.25) is 0 Å². The number of benzene rings is 1. The van der Waals surface area contributed by atoms with Crippen molar-refractivity contribution < 1.29 is 19.2 Å². The van der Waals surface area contributed by atoms with Crippen LogP contribution >= 0.6 is 0 Å². The number of hydroxylamine groups is 2. The van der Waals surface area contributed by atoms with Crippen LogP contribution in [-0.2, 0) is 9.63 Å². The second-order valence-corrected chi connectivity index (χ2v) is 9.37. The number of fused-ring (bicyclic) bond motifs is 2. The number of carbonyl (C=O) groups is 3. The fraction of sp³-hybridized carbons (Fsp3) is 0.522. The van der Waals surface area contributed by atoms with E-state index in [9.17, 15) is 14.4 Å². The Bertz CT molecular complexity index is 851. The molecule has 5 nitrogen and oxygen atoms in total. The Morgan fingerprint density at radius 3 is 2.32 bits per heavy atom. The van der Waals surface area contributed by atoms with Gasteiger partial charge in [-0.3, -0.25) is 9.59 Å². The minimum absolute atomic E-state index is 0.00711. The van der Waals surface area contributed by atoms with E-state index >= 15 is 0 Å². The average Bonchev–Trinajstić information content (AvgIpc) is 3.09. The lowest BCUT2D eigenvalue weighted by Gasteiger charge is -2.38. The molecule has 0 spiro atoms. The van der Waals surface area contributed by atoms with Gasteiger partial charge in [-0.05, 0) is 68.4 Å². The van der Waals surface area contributed by atoms with E-state index in [0.717, 1.165) is 31.3 Å². The largest absolute Gasteiger partial charge is 0.339 e. The molecule has 148 valence electrons. The van der Waals surface area contributed by atoms with Crippen molar-refractivity contribution in [1.29, 1.82) is 0 Å². The summed E-state index contributed by atoms with van der Waals surface area (Å²) in [5.41, 5.74) is 0.982. The van der Waals surface area contributed by atoms with Gasteiger partial charge in [-0.25, -0.2) is 4.79 Å². The first-order valence-electron chi connectivity index (χ1n) is 10.0. The molecule has 3 atom stereocenters. The SMILES string of the molecule is C=C1CCCC(C)(C)[C@@H]2CC[C@@](C)(C(=O)ON3C(=O)c4ccccc4C3=O)[C@H]12. The van der Waals surface area contributed by atoms with Crippen LogP contribution in [0.3, 0.4) is 0 Å². The maximum absolute atomic E-state index is 13.3. The van der Waals surface area contributed by atoms with Crippen LogP contribution in [0.5, 0.6) is 0 Å². The lowest BCUT2D eigenvalue weighted by molar-refractivity contribution is -0.182. The molecule has 0 aromatic heterocycles. The van der Waals surface area contributed by atoms with Gasteiger partial charge < -0.3 is 4.84 Å². The predicted octanol–water partition coefficient (Wildman–Crippen LogP) is 4.54. The Balaban J connectivity index is 1.61. The molecular formula is C23H27NO4. The van der Waals surface area contributed by atoms with Gasteiger partial charge in [0.2, 0.25) is 0 Å². The molecule has 28 heavy (non-hydrogen) atoms. The quantitative estimate of drug-likeness (QED) is 0.557. The van der Waals surface area contributed by atoms with E-state index < -0.39 is 23.2 Å². The van der Waals surface area contributed by atoms with Gasteiger partial charge in [-0.2, -0.15) is 0 Å². The second kappa shape index (κ2) is 6.29. The summed E-state index contributed by atoms with van der Waals surface area (Å²) in [6, 6.07) is 6.53. The lowest BCUT2D eigenvalue weighted by Crippen LogP contribution is -2.43. The van der Waals surface area contributed by atoms with Gasteiger partial charge in [-0.15, -0.1) is 0 Å². The number of imide groups is 1. The van der Waals surface area contributed by atoms with Crippen LogP contribution in [0.4, 0.5) is 0 Å². The van der Waals surface area contributed by atoms with E-state index in [1.807, 2.05) is 6.92 Å². The van der Waals surface area contributed by atoms with Gasteiger partial charge in [-0.1, -0.05) is 43.2 Å².